The number of amides is 2. The summed E-state index contributed by atoms with van der Waals surface area (Å²) in [7, 11) is 0. The first-order valence-electron chi connectivity index (χ1n) is 7.67. The monoisotopic (exact) mass is 362 g/mol. The number of nitrogens with one attached hydrogen (secondary N) is 1. The minimum atomic E-state index is -0.240. The molecule has 1 aliphatic rings. The molecule has 0 aromatic heterocycles. The van der Waals surface area contributed by atoms with Gasteiger partial charge in [-0.3, -0.25) is 9.59 Å². The zero-order valence-electron chi connectivity index (χ0n) is 12.9. The number of carbonyl (C=O) groups excluding carboxylic acids is 2. The van der Waals surface area contributed by atoms with E-state index in [-0.39, 0.29) is 11.8 Å². The highest BCUT2D eigenvalue weighted by atomic mass is 35.5. The van der Waals surface area contributed by atoms with Gasteiger partial charge in [-0.05, 0) is 42.3 Å². The zero-order valence-corrected chi connectivity index (χ0v) is 14.4. The number of hydrogen-bond acceptors (Lipinski definition) is 2. The Balaban J connectivity index is 1.79. The van der Waals surface area contributed by atoms with Gasteiger partial charge in [0, 0.05) is 29.6 Å². The third-order valence-corrected chi connectivity index (χ3v) is 4.42. The molecule has 0 saturated carbocycles. The van der Waals surface area contributed by atoms with Crippen LogP contribution in [-0.4, -0.2) is 18.4 Å². The predicted molar refractivity (Wildman–Crippen MR) is 95.7 cm³/mol. The number of carbonyl (C=O) groups is 2. The maximum atomic E-state index is 12.6. The lowest BCUT2D eigenvalue weighted by Crippen LogP contribution is -2.29. The molecular formula is C18H16Cl2N2O2. The van der Waals surface area contributed by atoms with Crippen molar-refractivity contribution in [2.75, 3.05) is 11.4 Å². The second kappa shape index (κ2) is 7.24. The van der Waals surface area contributed by atoms with Crippen molar-refractivity contribution in [1.29, 1.82) is 0 Å². The van der Waals surface area contributed by atoms with Gasteiger partial charge in [-0.15, -0.1) is 0 Å². The molecule has 2 aromatic carbocycles. The minimum Gasteiger partial charge on any atom is -0.348 e. The molecule has 1 fully saturated rings. The van der Waals surface area contributed by atoms with Gasteiger partial charge in [0.15, 0.2) is 0 Å². The maximum Gasteiger partial charge on any atom is 0.253 e. The maximum absolute atomic E-state index is 12.6. The molecule has 0 spiro atoms. The highest BCUT2D eigenvalue weighted by Gasteiger charge is 2.26. The number of hydrogen-bond donors (Lipinski definition) is 1. The largest absolute Gasteiger partial charge is 0.348 e. The van der Waals surface area contributed by atoms with Crippen LogP contribution >= 0.6 is 23.2 Å². The van der Waals surface area contributed by atoms with Gasteiger partial charge in [-0.1, -0.05) is 35.3 Å². The summed E-state index contributed by atoms with van der Waals surface area (Å²) in [5, 5.41) is 4.02. The van der Waals surface area contributed by atoms with E-state index in [0.717, 1.165) is 12.0 Å². The van der Waals surface area contributed by atoms with Crippen LogP contribution in [0.25, 0.3) is 0 Å². The molecule has 6 heteroatoms. The predicted octanol–water partition coefficient (Wildman–Crippen LogP) is 4.05. The molecule has 0 aliphatic carbocycles. The molecule has 124 valence electrons. The summed E-state index contributed by atoms with van der Waals surface area (Å²) in [4.78, 5) is 26.2. The average Bonchev–Trinajstić information content (AvgIpc) is 3.00. The molecule has 1 N–H and O–H groups in total. The number of nitrogens with zero attached hydrogens (tertiary/aromatic N) is 1. The molecule has 4 nitrogen and oxygen atoms in total. The summed E-state index contributed by atoms with van der Waals surface area (Å²) in [6.07, 6.45) is 1.29. The third kappa shape index (κ3) is 3.71. The summed E-state index contributed by atoms with van der Waals surface area (Å²) >= 11 is 11.9. The first-order chi connectivity index (χ1) is 11.5. The van der Waals surface area contributed by atoms with Gasteiger partial charge in [0.2, 0.25) is 5.91 Å². The number of anilines is 1. The zero-order chi connectivity index (χ0) is 17.1. The van der Waals surface area contributed by atoms with Crippen molar-refractivity contribution in [3.63, 3.8) is 0 Å². The normalized spacial score (nSPS) is 14.1. The van der Waals surface area contributed by atoms with Crippen molar-refractivity contribution in [2.24, 2.45) is 0 Å². The van der Waals surface area contributed by atoms with Crippen molar-refractivity contribution in [3.8, 4) is 0 Å². The van der Waals surface area contributed by atoms with Crippen LogP contribution in [0.1, 0.15) is 28.8 Å². The fourth-order valence-corrected chi connectivity index (χ4v) is 3.00. The van der Waals surface area contributed by atoms with Gasteiger partial charge in [0.1, 0.15) is 0 Å². The summed E-state index contributed by atoms with van der Waals surface area (Å²) < 4.78 is 0. The van der Waals surface area contributed by atoms with Crippen LogP contribution in [0.15, 0.2) is 42.5 Å². The lowest BCUT2D eigenvalue weighted by atomic mass is 10.1. The summed E-state index contributed by atoms with van der Waals surface area (Å²) in [5.41, 5.74) is 1.96. The Morgan fingerprint density at radius 3 is 2.46 bits per heavy atom. The molecule has 1 heterocycles. The molecule has 1 saturated heterocycles. The average molecular weight is 363 g/mol. The van der Waals surface area contributed by atoms with Gasteiger partial charge < -0.3 is 10.2 Å². The number of benzene rings is 2. The Kier molecular flexibility index (Phi) is 5.07. The quantitative estimate of drug-likeness (QED) is 0.891. The molecule has 2 amide bonds. The van der Waals surface area contributed by atoms with Gasteiger partial charge in [-0.2, -0.15) is 0 Å². The molecule has 0 unspecified atom stereocenters. The Bertz CT molecular complexity index is 775. The Morgan fingerprint density at radius 1 is 1.08 bits per heavy atom. The van der Waals surface area contributed by atoms with Crippen molar-refractivity contribution in [1.82, 2.24) is 5.32 Å². The van der Waals surface area contributed by atoms with Gasteiger partial charge in [-0.25, -0.2) is 0 Å². The number of halogens is 2. The van der Waals surface area contributed by atoms with Gasteiger partial charge in [0.05, 0.1) is 11.3 Å². The Morgan fingerprint density at radius 2 is 1.79 bits per heavy atom. The van der Waals surface area contributed by atoms with E-state index < -0.39 is 0 Å². The van der Waals surface area contributed by atoms with Gasteiger partial charge >= 0.3 is 0 Å². The second-order valence-corrected chi connectivity index (χ2v) is 6.49. The van der Waals surface area contributed by atoms with Crippen LogP contribution < -0.4 is 10.2 Å². The lowest BCUT2D eigenvalue weighted by Gasteiger charge is -2.19. The fraction of sp³-hybridized carbons (Fsp3) is 0.222. The van der Waals surface area contributed by atoms with E-state index in [0.29, 0.717) is 40.8 Å². The SMILES string of the molecule is O=C(NCc1ccc(Cl)cc1)c1ccc(Cl)cc1N1CCCC1=O. The molecule has 3 rings (SSSR count). The summed E-state index contributed by atoms with van der Waals surface area (Å²) in [5.74, 6) is -0.222. The van der Waals surface area contributed by atoms with Crippen LogP contribution in [0, 0.1) is 0 Å². The molecule has 2 aromatic rings. The Hall–Kier alpha value is -2.04. The van der Waals surface area contributed by atoms with Crippen LogP contribution in [0.3, 0.4) is 0 Å². The topological polar surface area (TPSA) is 49.4 Å². The molecule has 0 radical (unpaired) electrons. The molecular weight excluding hydrogens is 347 g/mol. The van der Waals surface area contributed by atoms with Gasteiger partial charge in [0.25, 0.3) is 5.91 Å². The van der Waals surface area contributed by atoms with Crippen LogP contribution in [0.4, 0.5) is 5.69 Å². The van der Waals surface area contributed by atoms with E-state index in [1.807, 2.05) is 12.1 Å². The number of rotatable bonds is 4. The summed E-state index contributed by atoms with van der Waals surface area (Å²) in [6, 6.07) is 12.2. The molecule has 1 aliphatic heterocycles. The van der Waals surface area contributed by atoms with E-state index in [9.17, 15) is 9.59 Å². The van der Waals surface area contributed by atoms with Crippen LogP contribution in [-0.2, 0) is 11.3 Å². The Labute approximate surface area is 150 Å². The van der Waals surface area contributed by atoms with E-state index in [4.69, 9.17) is 23.2 Å². The fourth-order valence-electron chi connectivity index (χ4n) is 2.70. The molecule has 0 atom stereocenters. The molecule has 0 bridgehead atoms. The van der Waals surface area contributed by atoms with E-state index >= 15 is 0 Å². The van der Waals surface area contributed by atoms with Crippen molar-refractivity contribution < 1.29 is 9.59 Å². The minimum absolute atomic E-state index is 0.0176. The van der Waals surface area contributed by atoms with Crippen molar-refractivity contribution in [3.05, 3.63) is 63.6 Å². The highest BCUT2D eigenvalue weighted by molar-refractivity contribution is 6.31. The first kappa shape index (κ1) is 16.8. The molecule has 24 heavy (non-hydrogen) atoms. The smallest absolute Gasteiger partial charge is 0.253 e. The third-order valence-electron chi connectivity index (χ3n) is 3.93. The van der Waals surface area contributed by atoms with Crippen molar-refractivity contribution >= 4 is 40.7 Å². The standard InChI is InChI=1S/C18H16Cl2N2O2/c19-13-5-3-12(4-6-13)11-21-18(24)15-8-7-14(20)10-16(15)22-9-1-2-17(22)23/h3-8,10H,1-2,9,11H2,(H,21,24). The summed E-state index contributed by atoms with van der Waals surface area (Å²) in [6.45, 7) is 0.989. The highest BCUT2D eigenvalue weighted by Crippen LogP contribution is 2.28. The van der Waals surface area contributed by atoms with Crippen molar-refractivity contribution in [2.45, 2.75) is 19.4 Å². The van der Waals surface area contributed by atoms with Crippen LogP contribution in [0.5, 0.6) is 0 Å². The lowest BCUT2D eigenvalue weighted by molar-refractivity contribution is -0.117. The van der Waals surface area contributed by atoms with E-state index in [2.05, 4.69) is 5.32 Å². The second-order valence-electron chi connectivity index (χ2n) is 5.62. The first-order valence-corrected chi connectivity index (χ1v) is 8.43. The van der Waals surface area contributed by atoms with E-state index in [1.54, 1.807) is 35.2 Å². The van der Waals surface area contributed by atoms with E-state index in [1.165, 1.54) is 0 Å². The van der Waals surface area contributed by atoms with Crippen LogP contribution in [0.2, 0.25) is 10.0 Å².